The maximum Gasteiger partial charge on any atom is 0.130 e. The van der Waals surface area contributed by atoms with Gasteiger partial charge in [-0.15, -0.1) is 0 Å². The van der Waals surface area contributed by atoms with Crippen LogP contribution in [0.5, 0.6) is 0 Å². The van der Waals surface area contributed by atoms with Gasteiger partial charge < -0.3 is 5.32 Å². The Morgan fingerprint density at radius 2 is 2.00 bits per heavy atom. The Bertz CT molecular complexity index is 609. The molecular formula is C20H27N3. The fraction of sp³-hybridized carbons (Fsp3) is 0.450. The predicted molar refractivity (Wildman–Crippen MR) is 96.4 cm³/mol. The van der Waals surface area contributed by atoms with E-state index in [4.69, 9.17) is 0 Å². The maximum atomic E-state index is 4.60. The van der Waals surface area contributed by atoms with Gasteiger partial charge in [-0.3, -0.25) is 4.90 Å². The molecule has 1 saturated heterocycles. The topological polar surface area (TPSA) is 28.2 Å². The molecule has 1 N–H and O–H groups in total. The minimum atomic E-state index is 0.471. The number of benzene rings is 1. The fourth-order valence-electron chi connectivity index (χ4n) is 3.32. The van der Waals surface area contributed by atoms with Gasteiger partial charge in [0.1, 0.15) is 5.82 Å². The number of nitrogens with one attached hydrogen (secondary N) is 1. The zero-order chi connectivity index (χ0) is 16.1. The van der Waals surface area contributed by atoms with Crippen molar-refractivity contribution in [1.82, 2.24) is 9.88 Å². The lowest BCUT2D eigenvalue weighted by Gasteiger charge is -2.26. The van der Waals surface area contributed by atoms with Crippen molar-refractivity contribution >= 4 is 5.82 Å². The zero-order valence-corrected chi connectivity index (χ0v) is 14.2. The number of hydrogen-bond donors (Lipinski definition) is 1. The van der Waals surface area contributed by atoms with Crippen LogP contribution in [0.4, 0.5) is 5.82 Å². The summed E-state index contributed by atoms with van der Waals surface area (Å²) >= 11 is 0. The Balaban J connectivity index is 1.77. The van der Waals surface area contributed by atoms with Crippen molar-refractivity contribution in [3.63, 3.8) is 0 Å². The van der Waals surface area contributed by atoms with E-state index in [1.54, 1.807) is 0 Å². The summed E-state index contributed by atoms with van der Waals surface area (Å²) in [6.07, 6.45) is 4.37. The van der Waals surface area contributed by atoms with Crippen LogP contribution >= 0.6 is 0 Å². The van der Waals surface area contributed by atoms with Gasteiger partial charge in [0.25, 0.3) is 0 Å². The zero-order valence-electron chi connectivity index (χ0n) is 14.2. The largest absolute Gasteiger partial charge is 0.370 e. The van der Waals surface area contributed by atoms with E-state index in [1.165, 1.54) is 24.0 Å². The average Bonchev–Trinajstić information content (AvgIpc) is 3.02. The molecule has 1 aromatic carbocycles. The lowest BCUT2D eigenvalue weighted by Crippen LogP contribution is -2.24. The van der Waals surface area contributed by atoms with Crippen molar-refractivity contribution < 1.29 is 0 Å². The first-order valence-electron chi connectivity index (χ1n) is 8.71. The highest BCUT2D eigenvalue weighted by Crippen LogP contribution is 2.36. The van der Waals surface area contributed by atoms with Crippen LogP contribution in [0.1, 0.15) is 43.9 Å². The number of aromatic nitrogens is 1. The van der Waals surface area contributed by atoms with E-state index in [1.807, 2.05) is 6.20 Å². The smallest absolute Gasteiger partial charge is 0.130 e. The van der Waals surface area contributed by atoms with E-state index in [0.717, 1.165) is 25.5 Å². The molecule has 1 aliphatic heterocycles. The van der Waals surface area contributed by atoms with Crippen LogP contribution in [-0.2, 0) is 6.54 Å². The lowest BCUT2D eigenvalue weighted by atomic mass is 10.0. The van der Waals surface area contributed by atoms with Gasteiger partial charge in [0.2, 0.25) is 0 Å². The number of hydrogen-bond acceptors (Lipinski definition) is 3. The Labute approximate surface area is 139 Å². The molecular weight excluding hydrogens is 282 g/mol. The molecule has 0 radical (unpaired) electrons. The summed E-state index contributed by atoms with van der Waals surface area (Å²) in [6.45, 7) is 7.61. The van der Waals surface area contributed by atoms with E-state index in [0.29, 0.717) is 12.0 Å². The molecule has 122 valence electrons. The van der Waals surface area contributed by atoms with Gasteiger partial charge >= 0.3 is 0 Å². The molecule has 0 bridgehead atoms. The molecule has 0 saturated carbocycles. The van der Waals surface area contributed by atoms with Gasteiger partial charge in [-0.1, -0.05) is 50.2 Å². The average molecular weight is 309 g/mol. The lowest BCUT2D eigenvalue weighted by molar-refractivity contribution is 0.248. The summed E-state index contributed by atoms with van der Waals surface area (Å²) in [5, 5.41) is 3.54. The van der Waals surface area contributed by atoms with E-state index < -0.39 is 0 Å². The summed E-state index contributed by atoms with van der Waals surface area (Å²) in [7, 11) is 0. The molecule has 1 aliphatic rings. The first kappa shape index (κ1) is 16.0. The van der Waals surface area contributed by atoms with Crippen molar-refractivity contribution in [2.45, 2.75) is 39.3 Å². The molecule has 2 aromatic rings. The van der Waals surface area contributed by atoms with Gasteiger partial charge in [0.05, 0.1) is 0 Å². The van der Waals surface area contributed by atoms with E-state index in [-0.39, 0.29) is 0 Å². The quantitative estimate of drug-likeness (QED) is 0.852. The van der Waals surface area contributed by atoms with Crippen molar-refractivity contribution in [1.29, 1.82) is 0 Å². The van der Waals surface area contributed by atoms with Crippen molar-refractivity contribution in [3.05, 3.63) is 59.8 Å². The summed E-state index contributed by atoms with van der Waals surface area (Å²) in [5.74, 6) is 1.68. The number of anilines is 1. The first-order chi connectivity index (χ1) is 11.2. The molecule has 1 atom stereocenters. The van der Waals surface area contributed by atoms with Gasteiger partial charge in [-0.25, -0.2) is 4.98 Å². The number of rotatable bonds is 6. The van der Waals surface area contributed by atoms with Crippen LogP contribution in [-0.4, -0.2) is 23.0 Å². The second kappa shape index (κ2) is 7.60. The Morgan fingerprint density at radius 3 is 2.78 bits per heavy atom. The summed E-state index contributed by atoms with van der Waals surface area (Å²) in [4.78, 5) is 7.19. The third kappa shape index (κ3) is 4.11. The summed E-state index contributed by atoms with van der Waals surface area (Å²) < 4.78 is 0. The molecule has 1 aromatic heterocycles. The Hall–Kier alpha value is -1.87. The maximum absolute atomic E-state index is 4.60. The van der Waals surface area contributed by atoms with Crippen molar-refractivity contribution in [3.8, 4) is 0 Å². The molecule has 3 rings (SSSR count). The molecule has 0 spiro atoms. The standard InChI is InChI=1S/C20H27N3/c1-16(2)14-22-20-18(10-6-12-21-20)19-11-7-13-23(19)15-17-8-4-3-5-9-17/h3-6,8-10,12,16,19H,7,11,13-15H2,1-2H3,(H,21,22)/t19-/m0/s1. The molecule has 3 nitrogen and oxygen atoms in total. The molecule has 3 heteroatoms. The molecule has 0 aliphatic carbocycles. The van der Waals surface area contributed by atoms with Crippen LogP contribution in [0.2, 0.25) is 0 Å². The Morgan fingerprint density at radius 1 is 1.17 bits per heavy atom. The SMILES string of the molecule is CC(C)CNc1ncccc1[C@@H]1CCCN1Cc1ccccc1. The third-order valence-corrected chi connectivity index (χ3v) is 4.47. The molecule has 1 fully saturated rings. The van der Waals surface area contributed by atoms with Crippen molar-refractivity contribution in [2.75, 3.05) is 18.4 Å². The monoisotopic (exact) mass is 309 g/mol. The van der Waals surface area contributed by atoms with Gasteiger partial charge in [0, 0.05) is 30.9 Å². The van der Waals surface area contributed by atoms with E-state index in [9.17, 15) is 0 Å². The van der Waals surface area contributed by atoms with Crippen LogP contribution in [0.15, 0.2) is 48.7 Å². The molecule has 0 amide bonds. The number of likely N-dealkylation sites (tertiary alicyclic amines) is 1. The van der Waals surface area contributed by atoms with Crippen LogP contribution in [0.25, 0.3) is 0 Å². The van der Waals surface area contributed by atoms with E-state index in [2.05, 4.69) is 71.5 Å². The molecule has 23 heavy (non-hydrogen) atoms. The second-order valence-corrected chi connectivity index (χ2v) is 6.83. The van der Waals surface area contributed by atoms with Crippen LogP contribution in [0.3, 0.4) is 0 Å². The highest BCUT2D eigenvalue weighted by atomic mass is 15.2. The van der Waals surface area contributed by atoms with Crippen molar-refractivity contribution in [2.24, 2.45) is 5.92 Å². The number of nitrogens with zero attached hydrogens (tertiary/aromatic N) is 2. The summed E-state index contributed by atoms with van der Waals surface area (Å²) in [5.41, 5.74) is 2.74. The predicted octanol–water partition coefficient (Wildman–Crippen LogP) is 4.49. The normalized spacial score (nSPS) is 18.5. The Kier molecular flexibility index (Phi) is 5.29. The highest BCUT2D eigenvalue weighted by Gasteiger charge is 2.28. The molecule has 0 unspecified atom stereocenters. The molecule has 2 heterocycles. The van der Waals surface area contributed by atoms with Crippen LogP contribution < -0.4 is 5.32 Å². The summed E-state index contributed by atoms with van der Waals surface area (Å²) in [6, 6.07) is 15.5. The fourth-order valence-corrected chi connectivity index (χ4v) is 3.32. The second-order valence-electron chi connectivity index (χ2n) is 6.83. The van der Waals surface area contributed by atoms with Gasteiger partial charge in [-0.05, 0) is 36.9 Å². The number of pyridine rings is 1. The highest BCUT2D eigenvalue weighted by molar-refractivity contribution is 5.46. The van der Waals surface area contributed by atoms with Crippen LogP contribution in [0, 0.1) is 5.92 Å². The van der Waals surface area contributed by atoms with E-state index >= 15 is 0 Å². The van der Waals surface area contributed by atoms with Gasteiger partial charge in [0.15, 0.2) is 0 Å². The minimum absolute atomic E-state index is 0.471. The third-order valence-electron chi connectivity index (χ3n) is 4.47. The first-order valence-corrected chi connectivity index (χ1v) is 8.71. The minimum Gasteiger partial charge on any atom is -0.370 e. The van der Waals surface area contributed by atoms with Gasteiger partial charge in [-0.2, -0.15) is 0 Å².